The van der Waals surface area contributed by atoms with Gasteiger partial charge in [0.2, 0.25) is 5.78 Å². The first-order valence-electron chi connectivity index (χ1n) is 8.89. The Hall–Kier alpha value is -2.97. The molecule has 0 fully saturated rings. The lowest BCUT2D eigenvalue weighted by Gasteiger charge is -2.06. The molecule has 0 spiro atoms. The number of H-pyrrole nitrogens is 1. The molecule has 0 bridgehead atoms. The number of hydrogen-bond acceptors (Lipinski definition) is 5. The minimum Gasteiger partial charge on any atom is -0.292 e. The van der Waals surface area contributed by atoms with E-state index in [2.05, 4.69) is 9.97 Å². The minimum absolute atomic E-state index is 0.00162. The van der Waals surface area contributed by atoms with E-state index >= 15 is 0 Å². The minimum atomic E-state index is -3.80. The molecule has 0 unspecified atom stereocenters. The van der Waals surface area contributed by atoms with Crippen LogP contribution in [0.15, 0.2) is 64.4 Å². The van der Waals surface area contributed by atoms with Gasteiger partial charge in [0, 0.05) is 11.8 Å². The van der Waals surface area contributed by atoms with Crippen LogP contribution >= 0.6 is 0 Å². The number of aryl methyl sites for hydroxylation is 2. The van der Waals surface area contributed by atoms with E-state index in [1.54, 1.807) is 18.3 Å². The molecule has 0 aliphatic heterocycles. The first-order valence-corrected chi connectivity index (χ1v) is 10.3. The SMILES string of the molecule is Cc1ccc(S(=O)(=O)OCCCc2cn3c(nc4ccccc43)[nH]c2=O)cc1. The Morgan fingerprint density at radius 3 is 2.64 bits per heavy atom. The summed E-state index contributed by atoms with van der Waals surface area (Å²) >= 11 is 0. The number of nitrogens with zero attached hydrogens (tertiary/aromatic N) is 2. The lowest BCUT2D eigenvalue weighted by Crippen LogP contribution is -2.16. The molecule has 0 aliphatic rings. The first kappa shape index (κ1) is 18.4. The van der Waals surface area contributed by atoms with Gasteiger partial charge in [0.25, 0.3) is 15.7 Å². The van der Waals surface area contributed by atoms with E-state index in [1.807, 2.05) is 35.6 Å². The summed E-state index contributed by atoms with van der Waals surface area (Å²) in [4.78, 5) is 19.6. The van der Waals surface area contributed by atoms with Crippen LogP contribution in [0.25, 0.3) is 16.8 Å². The molecule has 0 atom stereocenters. The Kier molecular flexibility index (Phi) is 4.74. The summed E-state index contributed by atoms with van der Waals surface area (Å²) in [7, 11) is -3.80. The number of benzene rings is 2. The Balaban J connectivity index is 1.47. The second-order valence-electron chi connectivity index (χ2n) is 6.60. The number of para-hydroxylation sites is 2. The van der Waals surface area contributed by atoms with Crippen molar-refractivity contribution in [3.8, 4) is 0 Å². The van der Waals surface area contributed by atoms with E-state index in [0.717, 1.165) is 16.6 Å². The summed E-state index contributed by atoms with van der Waals surface area (Å²) in [6.45, 7) is 1.88. The van der Waals surface area contributed by atoms with Crippen molar-refractivity contribution in [3.05, 3.63) is 76.2 Å². The average molecular weight is 397 g/mol. The highest BCUT2D eigenvalue weighted by molar-refractivity contribution is 7.86. The number of hydrogen-bond donors (Lipinski definition) is 1. The lowest BCUT2D eigenvalue weighted by atomic mass is 10.2. The molecule has 0 saturated carbocycles. The molecule has 2 aromatic carbocycles. The van der Waals surface area contributed by atoms with Crippen LogP contribution in [0.2, 0.25) is 0 Å². The van der Waals surface area contributed by atoms with Gasteiger partial charge in [0.1, 0.15) is 0 Å². The third kappa shape index (κ3) is 3.56. The quantitative estimate of drug-likeness (QED) is 0.399. The molecule has 0 aliphatic carbocycles. The van der Waals surface area contributed by atoms with E-state index < -0.39 is 10.1 Å². The highest BCUT2D eigenvalue weighted by Gasteiger charge is 2.15. The molecular formula is C20H19N3O4S. The molecule has 1 N–H and O–H groups in total. The molecule has 28 heavy (non-hydrogen) atoms. The summed E-state index contributed by atoms with van der Waals surface area (Å²) in [5.74, 6) is 0.480. The predicted molar refractivity (Wildman–Crippen MR) is 106 cm³/mol. The fourth-order valence-electron chi connectivity index (χ4n) is 3.04. The number of fused-ring (bicyclic) bond motifs is 3. The van der Waals surface area contributed by atoms with Crippen LogP contribution in [0.4, 0.5) is 0 Å². The van der Waals surface area contributed by atoms with Gasteiger partial charge in [0.05, 0.1) is 22.5 Å². The summed E-state index contributed by atoms with van der Waals surface area (Å²) in [6.07, 6.45) is 2.53. The van der Waals surface area contributed by atoms with E-state index in [4.69, 9.17) is 4.18 Å². The van der Waals surface area contributed by atoms with Gasteiger partial charge in [-0.15, -0.1) is 0 Å². The van der Waals surface area contributed by atoms with Crippen LogP contribution in [0.3, 0.4) is 0 Å². The summed E-state index contributed by atoms with van der Waals surface area (Å²) in [6, 6.07) is 14.1. The predicted octanol–water partition coefficient (Wildman–Crippen LogP) is 2.82. The fraction of sp³-hybridized carbons (Fsp3) is 0.200. The number of aromatic nitrogens is 3. The zero-order valence-corrected chi connectivity index (χ0v) is 16.1. The average Bonchev–Trinajstić information content (AvgIpc) is 3.03. The molecule has 2 aromatic heterocycles. The Morgan fingerprint density at radius 2 is 1.86 bits per heavy atom. The maximum absolute atomic E-state index is 12.3. The van der Waals surface area contributed by atoms with Gasteiger partial charge in [-0.3, -0.25) is 18.4 Å². The van der Waals surface area contributed by atoms with Crippen molar-refractivity contribution in [1.29, 1.82) is 0 Å². The molecule has 0 radical (unpaired) electrons. The van der Waals surface area contributed by atoms with E-state index in [9.17, 15) is 13.2 Å². The molecular weight excluding hydrogens is 378 g/mol. The maximum atomic E-state index is 12.3. The van der Waals surface area contributed by atoms with Crippen LogP contribution in [-0.4, -0.2) is 29.4 Å². The van der Waals surface area contributed by atoms with Crippen LogP contribution in [-0.2, 0) is 20.7 Å². The van der Waals surface area contributed by atoms with Crippen LogP contribution in [0.1, 0.15) is 17.5 Å². The Bertz CT molecular complexity index is 1310. The molecule has 7 nitrogen and oxygen atoms in total. The maximum Gasteiger partial charge on any atom is 0.296 e. The highest BCUT2D eigenvalue weighted by Crippen LogP contribution is 2.16. The fourth-order valence-corrected chi connectivity index (χ4v) is 3.98. The van der Waals surface area contributed by atoms with Gasteiger partial charge in [-0.25, -0.2) is 4.98 Å². The number of rotatable bonds is 6. The second kappa shape index (κ2) is 7.21. The molecule has 8 heteroatoms. The van der Waals surface area contributed by atoms with Gasteiger partial charge in [-0.2, -0.15) is 8.42 Å². The van der Waals surface area contributed by atoms with Gasteiger partial charge in [-0.1, -0.05) is 29.8 Å². The standard InChI is InChI=1S/C20H19N3O4S/c1-14-8-10-16(11-9-14)28(25,26)27-12-4-5-15-13-23-18-7-3-2-6-17(18)21-20(23)22-19(15)24/h2-3,6-11,13H,4-5,12H2,1H3,(H,21,22,24). The van der Waals surface area contributed by atoms with Crippen LogP contribution < -0.4 is 5.56 Å². The van der Waals surface area contributed by atoms with E-state index in [-0.39, 0.29) is 17.1 Å². The summed E-state index contributed by atoms with van der Waals surface area (Å²) < 4.78 is 31.3. The van der Waals surface area contributed by atoms with Gasteiger partial charge in [-0.05, 0) is 44.0 Å². The largest absolute Gasteiger partial charge is 0.296 e. The highest BCUT2D eigenvalue weighted by atomic mass is 32.2. The monoisotopic (exact) mass is 397 g/mol. The van der Waals surface area contributed by atoms with Crippen molar-refractivity contribution < 1.29 is 12.6 Å². The normalized spacial score (nSPS) is 12.0. The number of aromatic amines is 1. The number of imidazole rings is 1. The third-order valence-electron chi connectivity index (χ3n) is 4.54. The van der Waals surface area contributed by atoms with Gasteiger partial charge >= 0.3 is 0 Å². The summed E-state index contributed by atoms with van der Waals surface area (Å²) in [5.41, 5.74) is 2.98. The second-order valence-corrected chi connectivity index (χ2v) is 8.21. The van der Waals surface area contributed by atoms with Crippen LogP contribution in [0, 0.1) is 6.92 Å². The lowest BCUT2D eigenvalue weighted by molar-refractivity contribution is 0.312. The zero-order chi connectivity index (χ0) is 19.7. The molecule has 0 saturated heterocycles. The van der Waals surface area contributed by atoms with E-state index in [0.29, 0.717) is 24.2 Å². The summed E-state index contributed by atoms with van der Waals surface area (Å²) in [5, 5.41) is 0. The van der Waals surface area contributed by atoms with Crippen molar-refractivity contribution in [1.82, 2.24) is 14.4 Å². The van der Waals surface area contributed by atoms with Crippen LogP contribution in [0.5, 0.6) is 0 Å². The van der Waals surface area contributed by atoms with Gasteiger partial charge < -0.3 is 0 Å². The molecule has 144 valence electrons. The van der Waals surface area contributed by atoms with Crippen molar-refractivity contribution in [2.75, 3.05) is 6.61 Å². The molecule has 4 aromatic rings. The van der Waals surface area contributed by atoms with Gasteiger partial charge in [0.15, 0.2) is 0 Å². The first-order chi connectivity index (χ1) is 13.4. The number of nitrogens with one attached hydrogen (secondary N) is 1. The van der Waals surface area contributed by atoms with Crippen molar-refractivity contribution in [3.63, 3.8) is 0 Å². The smallest absolute Gasteiger partial charge is 0.292 e. The van der Waals surface area contributed by atoms with Crippen molar-refractivity contribution in [2.24, 2.45) is 0 Å². The Morgan fingerprint density at radius 1 is 1.11 bits per heavy atom. The van der Waals surface area contributed by atoms with E-state index in [1.165, 1.54) is 12.1 Å². The van der Waals surface area contributed by atoms with Crippen molar-refractivity contribution in [2.45, 2.75) is 24.7 Å². The van der Waals surface area contributed by atoms with Crippen molar-refractivity contribution >= 4 is 26.9 Å². The topological polar surface area (TPSA) is 93.5 Å². The Labute approximate surface area is 161 Å². The molecule has 4 rings (SSSR count). The zero-order valence-electron chi connectivity index (χ0n) is 15.3. The molecule has 0 amide bonds. The third-order valence-corrected chi connectivity index (χ3v) is 5.86. The molecule has 2 heterocycles.